The van der Waals surface area contributed by atoms with Crippen molar-refractivity contribution in [2.75, 3.05) is 13.2 Å². The van der Waals surface area contributed by atoms with Crippen molar-refractivity contribution in [1.29, 1.82) is 0 Å². The summed E-state index contributed by atoms with van der Waals surface area (Å²) >= 11 is 0. The first kappa shape index (κ1) is 19.1. The minimum absolute atomic E-state index is 0.00276. The van der Waals surface area contributed by atoms with E-state index in [4.69, 9.17) is 9.84 Å². The Bertz CT molecular complexity index is 416. The van der Waals surface area contributed by atoms with Crippen LogP contribution in [0.15, 0.2) is 11.1 Å². The van der Waals surface area contributed by atoms with Gasteiger partial charge in [0.25, 0.3) is 5.91 Å². The first-order chi connectivity index (χ1) is 9.75. The topological polar surface area (TPSA) is 105 Å². The Morgan fingerprint density at radius 1 is 1.10 bits per heavy atom. The van der Waals surface area contributed by atoms with Crippen LogP contribution in [0, 0.1) is 0 Å². The monoisotopic (exact) mass is 300 g/mol. The largest absolute Gasteiger partial charge is 0.478 e. The normalized spacial score (nSPS) is 11.9. The molecule has 0 aromatic heterocycles. The number of hydrogen-bond acceptors (Lipinski definition) is 4. The highest BCUT2D eigenvalue weighted by atomic mass is 16.5. The third-order valence-electron chi connectivity index (χ3n) is 2.76. The lowest BCUT2D eigenvalue weighted by molar-refractivity contribution is -0.133. The number of unbranched alkanes of at least 4 members (excludes halogenated alkanes) is 1. The molecule has 7 heteroatoms. The molecule has 0 atom stereocenters. The summed E-state index contributed by atoms with van der Waals surface area (Å²) in [6.45, 7) is 7.61. The highest BCUT2D eigenvalue weighted by molar-refractivity contribution is 6.07. The molecule has 3 N–H and O–H groups in total. The number of urea groups is 1. The molecule has 0 spiro atoms. The summed E-state index contributed by atoms with van der Waals surface area (Å²) in [5.41, 5.74) is -0.0888. The summed E-state index contributed by atoms with van der Waals surface area (Å²) in [4.78, 5) is 33.7. The molecular formula is C14H24N2O5. The fourth-order valence-electron chi connectivity index (χ4n) is 1.32. The average Bonchev–Trinajstić information content (AvgIpc) is 2.40. The van der Waals surface area contributed by atoms with Crippen LogP contribution < -0.4 is 10.6 Å². The number of rotatable bonds is 8. The van der Waals surface area contributed by atoms with E-state index >= 15 is 0 Å². The molecule has 3 amide bonds. The van der Waals surface area contributed by atoms with Crippen molar-refractivity contribution in [3.8, 4) is 0 Å². The van der Waals surface area contributed by atoms with Gasteiger partial charge in [-0.05, 0) is 40.5 Å². The molecule has 0 aliphatic rings. The maximum Gasteiger partial charge on any atom is 0.331 e. The Balaban J connectivity index is 3.97. The van der Waals surface area contributed by atoms with Crippen LogP contribution in [0.5, 0.6) is 0 Å². The number of ether oxygens (including phenoxy) is 1. The van der Waals surface area contributed by atoms with Crippen molar-refractivity contribution in [3.63, 3.8) is 0 Å². The molecule has 0 unspecified atom stereocenters. The molecule has 0 aromatic carbocycles. The molecule has 0 radical (unpaired) electrons. The molecule has 0 heterocycles. The van der Waals surface area contributed by atoms with Gasteiger partial charge in [0.2, 0.25) is 0 Å². The zero-order chi connectivity index (χ0) is 16.4. The molecule has 0 saturated carbocycles. The van der Waals surface area contributed by atoms with Crippen molar-refractivity contribution in [1.82, 2.24) is 10.6 Å². The number of imide groups is 1. The van der Waals surface area contributed by atoms with E-state index < -0.39 is 17.9 Å². The number of nitrogens with one attached hydrogen (secondary N) is 2. The predicted molar refractivity (Wildman–Crippen MR) is 77.9 cm³/mol. The van der Waals surface area contributed by atoms with Gasteiger partial charge in [-0.1, -0.05) is 0 Å². The predicted octanol–water partition coefficient (Wildman–Crippen LogP) is 1.44. The van der Waals surface area contributed by atoms with E-state index in [9.17, 15) is 14.4 Å². The second kappa shape index (κ2) is 9.93. The lowest BCUT2D eigenvalue weighted by atomic mass is 10.1. The minimum Gasteiger partial charge on any atom is -0.478 e. The van der Waals surface area contributed by atoms with Crippen molar-refractivity contribution >= 4 is 17.9 Å². The Hall–Kier alpha value is -1.89. The first-order valence-corrected chi connectivity index (χ1v) is 6.87. The Morgan fingerprint density at radius 2 is 1.71 bits per heavy atom. The second-order valence-corrected chi connectivity index (χ2v) is 4.89. The number of carboxylic acids is 1. The van der Waals surface area contributed by atoms with Crippen molar-refractivity contribution < 1.29 is 24.2 Å². The van der Waals surface area contributed by atoms with Crippen LogP contribution in [-0.2, 0) is 14.3 Å². The lowest BCUT2D eigenvalue weighted by Gasteiger charge is -2.09. The van der Waals surface area contributed by atoms with Gasteiger partial charge >= 0.3 is 12.0 Å². The summed E-state index contributed by atoms with van der Waals surface area (Å²) in [6.07, 6.45) is 1.73. The SMILES string of the molecule is CC(C(=O)O)=C(C)C(=O)NC(=O)NCCCCOC(C)C. The molecule has 0 bridgehead atoms. The number of carbonyl (C=O) groups is 3. The number of amides is 3. The van der Waals surface area contributed by atoms with Gasteiger partial charge in [-0.25, -0.2) is 9.59 Å². The Labute approximate surface area is 124 Å². The van der Waals surface area contributed by atoms with Gasteiger partial charge in [0.05, 0.1) is 6.10 Å². The van der Waals surface area contributed by atoms with Crippen LogP contribution in [0.4, 0.5) is 4.79 Å². The third kappa shape index (κ3) is 8.80. The average molecular weight is 300 g/mol. The van der Waals surface area contributed by atoms with Crippen LogP contribution in [0.3, 0.4) is 0 Å². The summed E-state index contributed by atoms with van der Waals surface area (Å²) in [7, 11) is 0. The van der Waals surface area contributed by atoms with E-state index in [1.54, 1.807) is 0 Å². The number of aliphatic carboxylic acids is 1. The van der Waals surface area contributed by atoms with Crippen LogP contribution in [0.1, 0.15) is 40.5 Å². The van der Waals surface area contributed by atoms with Crippen LogP contribution in [-0.4, -0.2) is 42.3 Å². The van der Waals surface area contributed by atoms with E-state index in [0.29, 0.717) is 13.2 Å². The van der Waals surface area contributed by atoms with Gasteiger partial charge in [-0.2, -0.15) is 0 Å². The van der Waals surface area contributed by atoms with Gasteiger partial charge in [0, 0.05) is 24.3 Å². The summed E-state index contributed by atoms with van der Waals surface area (Å²) in [5.74, 6) is -1.90. The van der Waals surface area contributed by atoms with Crippen molar-refractivity contribution in [2.24, 2.45) is 0 Å². The fourth-order valence-corrected chi connectivity index (χ4v) is 1.32. The standard InChI is InChI=1S/C14H24N2O5/c1-9(2)21-8-6-5-7-15-14(20)16-12(17)10(3)11(4)13(18)19/h9H,5-8H2,1-4H3,(H,18,19)(H2,15,16,17,20). The molecule has 21 heavy (non-hydrogen) atoms. The maximum atomic E-state index is 11.6. The van der Waals surface area contributed by atoms with Gasteiger partial charge in [0.1, 0.15) is 0 Å². The lowest BCUT2D eigenvalue weighted by Crippen LogP contribution is -2.40. The molecular weight excluding hydrogens is 276 g/mol. The third-order valence-corrected chi connectivity index (χ3v) is 2.76. The maximum absolute atomic E-state index is 11.6. The zero-order valence-electron chi connectivity index (χ0n) is 13.0. The highest BCUT2D eigenvalue weighted by Gasteiger charge is 2.14. The van der Waals surface area contributed by atoms with E-state index in [2.05, 4.69) is 10.6 Å². The van der Waals surface area contributed by atoms with Crippen LogP contribution in [0.2, 0.25) is 0 Å². The van der Waals surface area contributed by atoms with E-state index in [1.165, 1.54) is 13.8 Å². The quantitative estimate of drug-likeness (QED) is 0.465. The minimum atomic E-state index is -1.19. The molecule has 7 nitrogen and oxygen atoms in total. The number of hydrogen-bond donors (Lipinski definition) is 3. The summed E-state index contributed by atoms with van der Waals surface area (Å²) in [5, 5.41) is 13.4. The summed E-state index contributed by atoms with van der Waals surface area (Å²) in [6, 6.07) is -0.637. The molecule has 0 fully saturated rings. The molecule has 0 aliphatic carbocycles. The molecule has 0 saturated heterocycles. The second-order valence-electron chi connectivity index (χ2n) is 4.89. The molecule has 0 aromatic rings. The van der Waals surface area contributed by atoms with Crippen LogP contribution >= 0.6 is 0 Å². The van der Waals surface area contributed by atoms with Crippen LogP contribution in [0.25, 0.3) is 0 Å². The highest BCUT2D eigenvalue weighted by Crippen LogP contribution is 2.03. The summed E-state index contributed by atoms with van der Waals surface area (Å²) < 4.78 is 5.35. The Morgan fingerprint density at radius 3 is 2.24 bits per heavy atom. The van der Waals surface area contributed by atoms with E-state index in [0.717, 1.165) is 12.8 Å². The van der Waals surface area contributed by atoms with Gasteiger partial charge in [-0.3, -0.25) is 10.1 Å². The van der Waals surface area contributed by atoms with Crippen molar-refractivity contribution in [3.05, 3.63) is 11.1 Å². The molecule has 120 valence electrons. The fraction of sp³-hybridized carbons (Fsp3) is 0.643. The number of carbonyl (C=O) groups excluding carboxylic acids is 2. The van der Waals surface area contributed by atoms with Gasteiger partial charge < -0.3 is 15.2 Å². The van der Waals surface area contributed by atoms with E-state index in [-0.39, 0.29) is 17.3 Å². The van der Waals surface area contributed by atoms with Gasteiger partial charge in [-0.15, -0.1) is 0 Å². The van der Waals surface area contributed by atoms with Gasteiger partial charge in [0.15, 0.2) is 0 Å². The molecule has 0 aliphatic heterocycles. The van der Waals surface area contributed by atoms with Crippen molar-refractivity contribution in [2.45, 2.75) is 46.6 Å². The Kier molecular flexibility index (Phi) is 9.03. The number of carboxylic acid groups (broad SMARTS) is 1. The first-order valence-electron chi connectivity index (χ1n) is 6.87. The van der Waals surface area contributed by atoms with E-state index in [1.807, 2.05) is 13.8 Å². The smallest absolute Gasteiger partial charge is 0.331 e. The zero-order valence-corrected chi connectivity index (χ0v) is 13.0. The molecule has 0 rings (SSSR count).